The summed E-state index contributed by atoms with van der Waals surface area (Å²) in [5.74, 6) is 0.949. The van der Waals surface area contributed by atoms with Gasteiger partial charge in [-0.15, -0.1) is 11.8 Å². The fourth-order valence-electron chi connectivity index (χ4n) is 2.57. The van der Waals surface area contributed by atoms with E-state index in [4.69, 9.17) is 9.52 Å². The van der Waals surface area contributed by atoms with Gasteiger partial charge in [-0.2, -0.15) is 0 Å². The molecule has 6 heteroatoms. The van der Waals surface area contributed by atoms with Gasteiger partial charge in [-0.05, 0) is 36.5 Å². The number of rotatable bonds is 7. The van der Waals surface area contributed by atoms with Gasteiger partial charge in [0, 0.05) is 11.4 Å². The SMILES string of the molecule is CC1CC1CNC(=O)c1ccccc1SCc1occc1C(=O)O. The predicted molar refractivity (Wildman–Crippen MR) is 91.3 cm³/mol. The molecule has 0 aliphatic heterocycles. The minimum Gasteiger partial charge on any atom is -0.478 e. The molecule has 2 N–H and O–H groups in total. The van der Waals surface area contributed by atoms with Gasteiger partial charge in [-0.1, -0.05) is 19.1 Å². The lowest BCUT2D eigenvalue weighted by molar-refractivity contribution is 0.0694. The summed E-state index contributed by atoms with van der Waals surface area (Å²) in [5, 5.41) is 12.1. The fourth-order valence-corrected chi connectivity index (χ4v) is 3.57. The Morgan fingerprint density at radius 3 is 2.75 bits per heavy atom. The van der Waals surface area contributed by atoms with Crippen LogP contribution in [-0.2, 0) is 5.75 Å². The topological polar surface area (TPSA) is 79.5 Å². The van der Waals surface area contributed by atoms with Gasteiger partial charge in [0.25, 0.3) is 5.91 Å². The van der Waals surface area contributed by atoms with Crippen molar-refractivity contribution in [1.82, 2.24) is 5.32 Å². The van der Waals surface area contributed by atoms with Crippen molar-refractivity contribution in [3.8, 4) is 0 Å². The Morgan fingerprint density at radius 2 is 2.04 bits per heavy atom. The van der Waals surface area contributed by atoms with Crippen LogP contribution in [0, 0.1) is 11.8 Å². The van der Waals surface area contributed by atoms with E-state index < -0.39 is 5.97 Å². The van der Waals surface area contributed by atoms with Crippen LogP contribution >= 0.6 is 11.8 Å². The van der Waals surface area contributed by atoms with Crippen LogP contribution in [0.4, 0.5) is 0 Å². The first-order valence-electron chi connectivity index (χ1n) is 7.86. The van der Waals surface area contributed by atoms with Crippen molar-refractivity contribution in [2.24, 2.45) is 11.8 Å². The summed E-state index contributed by atoms with van der Waals surface area (Å²) >= 11 is 1.40. The normalized spacial score (nSPS) is 19.0. The molecule has 3 rings (SSSR count). The number of benzene rings is 1. The Bertz CT molecular complexity index is 755. The highest BCUT2D eigenvalue weighted by atomic mass is 32.2. The van der Waals surface area contributed by atoms with E-state index in [0.717, 1.165) is 4.90 Å². The van der Waals surface area contributed by atoms with E-state index in [1.54, 1.807) is 6.07 Å². The highest BCUT2D eigenvalue weighted by Gasteiger charge is 2.32. The van der Waals surface area contributed by atoms with Crippen molar-refractivity contribution in [3.05, 3.63) is 53.5 Å². The number of furan rings is 1. The van der Waals surface area contributed by atoms with E-state index in [2.05, 4.69) is 12.2 Å². The molecular formula is C18H19NO4S. The number of thioether (sulfide) groups is 1. The van der Waals surface area contributed by atoms with Crippen LogP contribution in [0.1, 0.15) is 39.8 Å². The van der Waals surface area contributed by atoms with E-state index in [-0.39, 0.29) is 11.5 Å². The van der Waals surface area contributed by atoms with Crippen LogP contribution in [0.5, 0.6) is 0 Å². The molecule has 126 valence electrons. The number of amides is 1. The Kier molecular flexibility index (Phi) is 4.94. The molecule has 1 heterocycles. The average Bonchev–Trinajstić information content (AvgIpc) is 3.08. The number of hydrogen-bond acceptors (Lipinski definition) is 4. The van der Waals surface area contributed by atoms with Crippen molar-refractivity contribution in [2.45, 2.75) is 24.0 Å². The molecular weight excluding hydrogens is 326 g/mol. The molecule has 1 aromatic carbocycles. The molecule has 0 radical (unpaired) electrons. The third kappa shape index (κ3) is 3.82. The molecule has 1 fully saturated rings. The number of hydrogen-bond donors (Lipinski definition) is 2. The van der Waals surface area contributed by atoms with Crippen LogP contribution in [0.15, 0.2) is 45.9 Å². The van der Waals surface area contributed by atoms with Gasteiger partial charge in [0.2, 0.25) is 0 Å². The molecule has 1 aliphatic carbocycles. The third-order valence-electron chi connectivity index (χ3n) is 4.27. The largest absolute Gasteiger partial charge is 0.478 e. The lowest BCUT2D eigenvalue weighted by Crippen LogP contribution is -2.26. The first-order chi connectivity index (χ1) is 11.6. The number of aromatic carboxylic acids is 1. The average molecular weight is 345 g/mol. The Balaban J connectivity index is 1.66. The predicted octanol–water partition coefficient (Wildman–Crippen LogP) is 3.66. The number of carbonyl (C=O) groups excluding carboxylic acids is 1. The maximum absolute atomic E-state index is 12.4. The van der Waals surface area contributed by atoms with E-state index in [0.29, 0.717) is 35.5 Å². The molecule has 24 heavy (non-hydrogen) atoms. The van der Waals surface area contributed by atoms with Crippen molar-refractivity contribution in [1.29, 1.82) is 0 Å². The molecule has 1 aromatic heterocycles. The second-order valence-electron chi connectivity index (χ2n) is 6.03. The second-order valence-corrected chi connectivity index (χ2v) is 7.05. The molecule has 1 aliphatic rings. The van der Waals surface area contributed by atoms with Gasteiger partial charge in [-0.25, -0.2) is 4.79 Å². The van der Waals surface area contributed by atoms with Crippen molar-refractivity contribution in [3.63, 3.8) is 0 Å². The summed E-state index contributed by atoms with van der Waals surface area (Å²) in [5.41, 5.74) is 0.770. The second kappa shape index (κ2) is 7.13. The van der Waals surface area contributed by atoms with Crippen LogP contribution in [0.2, 0.25) is 0 Å². The zero-order valence-electron chi connectivity index (χ0n) is 13.3. The molecule has 0 bridgehead atoms. The summed E-state index contributed by atoms with van der Waals surface area (Å²) in [6.45, 7) is 2.89. The van der Waals surface area contributed by atoms with Crippen LogP contribution in [0.25, 0.3) is 0 Å². The van der Waals surface area contributed by atoms with E-state index in [1.165, 1.54) is 30.5 Å². The maximum Gasteiger partial charge on any atom is 0.339 e. The maximum atomic E-state index is 12.4. The zero-order chi connectivity index (χ0) is 17.1. The molecule has 0 saturated heterocycles. The standard InChI is InChI=1S/C18H19NO4S/c1-11-8-12(11)9-19-17(20)14-4-2-3-5-16(14)24-10-15-13(18(21)22)6-7-23-15/h2-7,11-12H,8-10H2,1H3,(H,19,20)(H,21,22). The minimum atomic E-state index is -1.01. The van der Waals surface area contributed by atoms with Gasteiger partial charge in [0.15, 0.2) is 0 Å². The van der Waals surface area contributed by atoms with Crippen molar-refractivity contribution < 1.29 is 19.1 Å². The number of nitrogens with one attached hydrogen (secondary N) is 1. The van der Waals surface area contributed by atoms with Crippen LogP contribution in [-0.4, -0.2) is 23.5 Å². The molecule has 2 aromatic rings. The number of carboxylic acids is 1. The van der Waals surface area contributed by atoms with Crippen LogP contribution in [0.3, 0.4) is 0 Å². The molecule has 5 nitrogen and oxygen atoms in total. The highest BCUT2D eigenvalue weighted by Crippen LogP contribution is 2.37. The van der Waals surface area contributed by atoms with E-state index in [9.17, 15) is 9.59 Å². The summed E-state index contributed by atoms with van der Waals surface area (Å²) in [6, 6.07) is 8.78. The number of carbonyl (C=O) groups is 2. The van der Waals surface area contributed by atoms with Gasteiger partial charge in [0.05, 0.1) is 17.6 Å². The minimum absolute atomic E-state index is 0.0879. The van der Waals surface area contributed by atoms with Crippen LogP contribution < -0.4 is 5.32 Å². The summed E-state index contributed by atoms with van der Waals surface area (Å²) < 4.78 is 5.24. The van der Waals surface area contributed by atoms with Crippen molar-refractivity contribution >= 4 is 23.6 Å². The first kappa shape index (κ1) is 16.6. The first-order valence-corrected chi connectivity index (χ1v) is 8.84. The lowest BCUT2D eigenvalue weighted by Gasteiger charge is -2.09. The van der Waals surface area contributed by atoms with E-state index >= 15 is 0 Å². The quantitative estimate of drug-likeness (QED) is 0.749. The van der Waals surface area contributed by atoms with Gasteiger partial charge in [0.1, 0.15) is 11.3 Å². The molecule has 1 saturated carbocycles. The monoisotopic (exact) mass is 345 g/mol. The Morgan fingerprint density at radius 1 is 1.29 bits per heavy atom. The summed E-state index contributed by atoms with van der Waals surface area (Å²) in [6.07, 6.45) is 2.54. The van der Waals surface area contributed by atoms with Gasteiger partial charge in [-0.3, -0.25) is 4.79 Å². The molecule has 2 unspecified atom stereocenters. The highest BCUT2D eigenvalue weighted by molar-refractivity contribution is 7.98. The van der Waals surface area contributed by atoms with E-state index in [1.807, 2.05) is 18.2 Å². The summed E-state index contributed by atoms with van der Waals surface area (Å²) in [4.78, 5) is 24.3. The lowest BCUT2D eigenvalue weighted by atomic mass is 10.2. The third-order valence-corrected chi connectivity index (χ3v) is 5.34. The van der Waals surface area contributed by atoms with Gasteiger partial charge >= 0.3 is 5.97 Å². The van der Waals surface area contributed by atoms with Crippen molar-refractivity contribution in [2.75, 3.05) is 6.54 Å². The summed E-state index contributed by atoms with van der Waals surface area (Å²) in [7, 11) is 0. The Labute approximate surface area is 144 Å². The Hall–Kier alpha value is -2.21. The fraction of sp³-hybridized carbons (Fsp3) is 0.333. The van der Waals surface area contributed by atoms with Gasteiger partial charge < -0.3 is 14.8 Å². The molecule has 0 spiro atoms. The number of carboxylic acid groups (broad SMARTS) is 1. The zero-order valence-corrected chi connectivity index (χ0v) is 14.1. The molecule has 1 amide bonds. The smallest absolute Gasteiger partial charge is 0.339 e. The molecule has 2 atom stereocenters.